The third-order valence-corrected chi connectivity index (χ3v) is 3.92. The van der Waals surface area contributed by atoms with E-state index >= 15 is 0 Å². The number of nitrogens with zero attached hydrogens (tertiary/aromatic N) is 3. The Kier molecular flexibility index (Phi) is 2.88. The number of rotatable bonds is 2. The Morgan fingerprint density at radius 1 is 1.50 bits per heavy atom. The second kappa shape index (κ2) is 4.46. The van der Waals surface area contributed by atoms with Gasteiger partial charge >= 0.3 is 0 Å². The first-order valence-corrected chi connectivity index (χ1v) is 6.37. The van der Waals surface area contributed by atoms with Crippen LogP contribution in [0, 0.1) is 5.92 Å². The average molecular weight is 275 g/mol. The van der Waals surface area contributed by atoms with Crippen LogP contribution >= 0.6 is 0 Å². The Hall–Kier alpha value is -2.12. The van der Waals surface area contributed by atoms with Gasteiger partial charge in [0.15, 0.2) is 11.8 Å². The molecule has 1 fully saturated rings. The topological polar surface area (TPSA) is 109 Å². The lowest BCUT2D eigenvalue weighted by Crippen LogP contribution is -2.32. The number of imidazole rings is 1. The van der Waals surface area contributed by atoms with Crippen molar-refractivity contribution in [2.24, 2.45) is 16.6 Å². The number of nitrogens with one attached hydrogen (secondary N) is 1. The molecule has 1 aliphatic heterocycles. The molecule has 3 rings (SSSR count). The molecule has 7 nitrogen and oxygen atoms in total. The maximum atomic E-state index is 9.99. The molecular formula is C13H17N5O2. The van der Waals surface area contributed by atoms with Gasteiger partial charge in [0.05, 0.1) is 30.8 Å². The molecule has 2 heterocycles. The lowest BCUT2D eigenvalue weighted by atomic mass is 10.0. The van der Waals surface area contributed by atoms with Crippen molar-refractivity contribution in [3.05, 3.63) is 30.8 Å². The molecule has 0 amide bonds. The molecule has 2 aliphatic rings. The Bertz CT molecular complexity index is 618. The lowest BCUT2D eigenvalue weighted by Gasteiger charge is -2.19. The quantitative estimate of drug-likeness (QED) is 0.562. The molecule has 0 aromatic carbocycles. The minimum atomic E-state index is -0.609. The molecule has 106 valence electrons. The van der Waals surface area contributed by atoms with Crippen molar-refractivity contribution in [1.29, 1.82) is 0 Å². The van der Waals surface area contributed by atoms with Crippen LogP contribution in [0.1, 0.15) is 18.2 Å². The monoisotopic (exact) mass is 275 g/mol. The van der Waals surface area contributed by atoms with Gasteiger partial charge in [0.25, 0.3) is 0 Å². The molecule has 0 unspecified atom stereocenters. The predicted molar refractivity (Wildman–Crippen MR) is 75.1 cm³/mol. The van der Waals surface area contributed by atoms with E-state index in [9.17, 15) is 10.2 Å². The van der Waals surface area contributed by atoms with Gasteiger partial charge < -0.3 is 25.8 Å². The van der Waals surface area contributed by atoms with Crippen LogP contribution in [0.4, 0.5) is 5.82 Å². The standard InChI is InChI=1S/C13H17N5O2/c1-6-8(4-19)10(20)3-9(6)18-5-15-11-7(2)16-13(14)17-12(11)18/h5,8-10,19-20H,1-4H2,(H3,14,16,17)/t8-,9-,10-/m0/s1. The van der Waals surface area contributed by atoms with E-state index in [2.05, 4.69) is 28.5 Å². The van der Waals surface area contributed by atoms with E-state index in [0.29, 0.717) is 23.6 Å². The van der Waals surface area contributed by atoms with Crippen molar-refractivity contribution in [3.63, 3.8) is 0 Å². The first-order chi connectivity index (χ1) is 9.52. The van der Waals surface area contributed by atoms with Gasteiger partial charge in [-0.15, -0.1) is 0 Å². The fourth-order valence-corrected chi connectivity index (χ4v) is 2.83. The van der Waals surface area contributed by atoms with E-state index in [1.807, 2.05) is 4.57 Å². The van der Waals surface area contributed by atoms with Crippen LogP contribution in [0.15, 0.2) is 30.1 Å². The molecule has 1 saturated carbocycles. The minimum absolute atomic E-state index is 0.118. The number of nitrogens with two attached hydrogens (primary N) is 1. The van der Waals surface area contributed by atoms with Crippen LogP contribution in [0.5, 0.6) is 0 Å². The van der Waals surface area contributed by atoms with E-state index in [0.717, 1.165) is 5.57 Å². The molecule has 1 aromatic heterocycles. The summed E-state index contributed by atoms with van der Waals surface area (Å²) >= 11 is 0. The predicted octanol–water partition coefficient (Wildman–Crippen LogP) is -0.126. The molecule has 0 saturated heterocycles. The first-order valence-electron chi connectivity index (χ1n) is 6.37. The van der Waals surface area contributed by atoms with Crippen molar-refractivity contribution in [3.8, 4) is 0 Å². The smallest absolute Gasteiger partial charge is 0.199 e. The van der Waals surface area contributed by atoms with E-state index in [4.69, 9.17) is 5.73 Å². The SMILES string of the molecule is C=C1NC(N)=Nc2c1ncn2[C@H]1C[C@H](O)[C@@H](CO)C1=C. The van der Waals surface area contributed by atoms with Gasteiger partial charge in [-0.25, -0.2) is 4.98 Å². The molecule has 1 aliphatic carbocycles. The number of aromatic nitrogens is 2. The van der Waals surface area contributed by atoms with Gasteiger partial charge in [-0.1, -0.05) is 13.2 Å². The Labute approximate surface area is 116 Å². The van der Waals surface area contributed by atoms with Crippen LogP contribution in [0.25, 0.3) is 5.70 Å². The zero-order chi connectivity index (χ0) is 14.4. The normalized spacial score (nSPS) is 29.1. The molecule has 7 heteroatoms. The van der Waals surface area contributed by atoms with Crippen molar-refractivity contribution in [2.75, 3.05) is 6.61 Å². The zero-order valence-corrected chi connectivity index (χ0v) is 11.0. The summed E-state index contributed by atoms with van der Waals surface area (Å²) in [5.74, 6) is 0.541. The molecule has 1 aromatic rings. The second-order valence-electron chi connectivity index (χ2n) is 5.11. The largest absolute Gasteiger partial charge is 0.396 e. The molecule has 20 heavy (non-hydrogen) atoms. The highest BCUT2D eigenvalue weighted by molar-refractivity contribution is 5.93. The second-order valence-corrected chi connectivity index (χ2v) is 5.11. The Morgan fingerprint density at radius 3 is 2.90 bits per heavy atom. The summed E-state index contributed by atoms with van der Waals surface area (Å²) in [6.45, 7) is 7.73. The van der Waals surface area contributed by atoms with Gasteiger partial charge in [-0.3, -0.25) is 0 Å². The third kappa shape index (κ3) is 1.75. The van der Waals surface area contributed by atoms with Crippen LogP contribution in [-0.2, 0) is 0 Å². The van der Waals surface area contributed by atoms with Crippen LogP contribution in [-0.4, -0.2) is 38.4 Å². The summed E-state index contributed by atoms with van der Waals surface area (Å²) < 4.78 is 1.83. The highest BCUT2D eigenvalue weighted by atomic mass is 16.3. The van der Waals surface area contributed by atoms with E-state index in [-0.39, 0.29) is 24.5 Å². The van der Waals surface area contributed by atoms with E-state index < -0.39 is 6.10 Å². The van der Waals surface area contributed by atoms with E-state index in [1.54, 1.807) is 6.33 Å². The molecule has 3 atom stereocenters. The molecule has 0 radical (unpaired) electrons. The summed E-state index contributed by atoms with van der Waals surface area (Å²) in [4.78, 5) is 8.53. The van der Waals surface area contributed by atoms with Crippen LogP contribution < -0.4 is 11.1 Å². The van der Waals surface area contributed by atoms with Crippen LogP contribution in [0.2, 0.25) is 0 Å². The fraction of sp³-hybridized carbons (Fsp3) is 0.385. The molecular weight excluding hydrogens is 258 g/mol. The zero-order valence-electron chi connectivity index (χ0n) is 11.0. The number of guanidine groups is 1. The maximum Gasteiger partial charge on any atom is 0.199 e. The van der Waals surface area contributed by atoms with Gasteiger partial charge in [-0.05, 0) is 12.0 Å². The summed E-state index contributed by atoms with van der Waals surface area (Å²) in [5.41, 5.74) is 7.71. The number of aliphatic hydroxyl groups is 2. The number of aliphatic hydroxyl groups excluding tert-OH is 2. The lowest BCUT2D eigenvalue weighted by molar-refractivity contribution is 0.101. The number of aliphatic imine (C=N–C) groups is 1. The van der Waals surface area contributed by atoms with Gasteiger partial charge in [0.1, 0.15) is 5.69 Å². The highest BCUT2D eigenvalue weighted by Gasteiger charge is 2.38. The van der Waals surface area contributed by atoms with Crippen LogP contribution in [0.3, 0.4) is 0 Å². The summed E-state index contributed by atoms with van der Waals surface area (Å²) in [5, 5.41) is 22.1. The minimum Gasteiger partial charge on any atom is -0.396 e. The van der Waals surface area contributed by atoms with Gasteiger partial charge in [-0.2, -0.15) is 4.99 Å². The van der Waals surface area contributed by atoms with Gasteiger partial charge in [0.2, 0.25) is 0 Å². The third-order valence-electron chi connectivity index (χ3n) is 3.92. The number of hydrogen-bond acceptors (Lipinski definition) is 6. The summed E-state index contributed by atoms with van der Waals surface area (Å²) in [6, 6.07) is -0.152. The summed E-state index contributed by atoms with van der Waals surface area (Å²) in [6.07, 6.45) is 1.51. The van der Waals surface area contributed by atoms with E-state index in [1.165, 1.54) is 0 Å². The fourth-order valence-electron chi connectivity index (χ4n) is 2.83. The van der Waals surface area contributed by atoms with Crippen molar-refractivity contribution >= 4 is 17.5 Å². The number of hydrogen-bond donors (Lipinski definition) is 4. The van der Waals surface area contributed by atoms with Crippen molar-refractivity contribution < 1.29 is 10.2 Å². The van der Waals surface area contributed by atoms with Crippen molar-refractivity contribution in [2.45, 2.75) is 18.6 Å². The van der Waals surface area contributed by atoms with Gasteiger partial charge in [0, 0.05) is 5.92 Å². The highest BCUT2D eigenvalue weighted by Crippen LogP contribution is 2.42. The van der Waals surface area contributed by atoms with Crippen molar-refractivity contribution in [1.82, 2.24) is 14.9 Å². The Balaban J connectivity index is 2.02. The molecule has 0 spiro atoms. The summed E-state index contributed by atoms with van der Waals surface area (Å²) in [7, 11) is 0. The first kappa shape index (κ1) is 12.9. The molecule has 0 bridgehead atoms. The Morgan fingerprint density at radius 2 is 2.25 bits per heavy atom. The molecule has 5 N–H and O–H groups in total. The maximum absolute atomic E-state index is 9.99. The number of fused-ring (bicyclic) bond motifs is 1. The average Bonchev–Trinajstić information content (AvgIpc) is 2.91.